The van der Waals surface area contributed by atoms with Crippen LogP contribution in [0.25, 0.3) is 0 Å². The quantitative estimate of drug-likeness (QED) is 0.366. The molecule has 0 bridgehead atoms. The number of carbonyl (C=O) groups excluding carboxylic acids is 2. The van der Waals surface area contributed by atoms with Gasteiger partial charge in [-0.1, -0.05) is 23.8 Å². The molecule has 0 spiro atoms. The third-order valence-electron chi connectivity index (χ3n) is 6.31. The molecule has 1 aliphatic heterocycles. The van der Waals surface area contributed by atoms with Gasteiger partial charge in [0.15, 0.2) is 0 Å². The zero-order chi connectivity index (χ0) is 26.2. The highest BCUT2D eigenvalue weighted by molar-refractivity contribution is 7.10. The molecule has 0 radical (unpaired) electrons. The van der Waals surface area contributed by atoms with Crippen molar-refractivity contribution in [3.8, 4) is 5.75 Å². The number of amides is 3. The van der Waals surface area contributed by atoms with E-state index in [0.29, 0.717) is 37.6 Å². The van der Waals surface area contributed by atoms with Crippen molar-refractivity contribution in [3.05, 3.63) is 81.8 Å². The van der Waals surface area contributed by atoms with Crippen molar-refractivity contribution in [3.63, 3.8) is 0 Å². The van der Waals surface area contributed by atoms with Gasteiger partial charge in [-0.25, -0.2) is 9.18 Å². The highest BCUT2D eigenvalue weighted by Gasteiger charge is 2.33. The number of carbonyl (C=O) groups is 2. The van der Waals surface area contributed by atoms with Crippen LogP contribution in [0.4, 0.5) is 14.9 Å². The van der Waals surface area contributed by atoms with Crippen LogP contribution in [0.3, 0.4) is 0 Å². The maximum atomic E-state index is 13.7. The zero-order valence-corrected chi connectivity index (χ0v) is 21.9. The van der Waals surface area contributed by atoms with Crippen molar-refractivity contribution < 1.29 is 23.5 Å². The average molecular weight is 526 g/mol. The average Bonchev–Trinajstić information content (AvgIpc) is 3.37. The van der Waals surface area contributed by atoms with Crippen LogP contribution >= 0.6 is 11.3 Å². The number of rotatable bonds is 10. The number of hydrogen-bond donors (Lipinski definition) is 1. The summed E-state index contributed by atoms with van der Waals surface area (Å²) in [6, 6.07) is 14.8. The predicted octanol–water partition coefficient (Wildman–Crippen LogP) is 5.27. The van der Waals surface area contributed by atoms with Crippen LogP contribution in [0.2, 0.25) is 0 Å². The Morgan fingerprint density at radius 3 is 2.76 bits per heavy atom. The molecule has 1 atom stereocenters. The second-order valence-corrected chi connectivity index (χ2v) is 9.99. The monoisotopic (exact) mass is 525 g/mol. The van der Waals surface area contributed by atoms with E-state index in [9.17, 15) is 14.0 Å². The number of anilines is 1. The summed E-state index contributed by atoms with van der Waals surface area (Å²) in [6.45, 7) is 3.48. The second kappa shape index (κ2) is 12.7. The topological polar surface area (TPSA) is 71.1 Å². The lowest BCUT2D eigenvalue weighted by molar-refractivity contribution is -0.135. The Morgan fingerprint density at radius 2 is 2.00 bits per heavy atom. The second-order valence-electron chi connectivity index (χ2n) is 8.98. The van der Waals surface area contributed by atoms with E-state index < -0.39 is 0 Å². The van der Waals surface area contributed by atoms with Gasteiger partial charge in [0, 0.05) is 43.4 Å². The summed E-state index contributed by atoms with van der Waals surface area (Å²) in [4.78, 5) is 31.3. The van der Waals surface area contributed by atoms with Crippen LogP contribution < -0.4 is 10.1 Å². The van der Waals surface area contributed by atoms with Crippen molar-refractivity contribution in [2.24, 2.45) is 0 Å². The molecule has 0 fully saturated rings. The lowest BCUT2D eigenvalue weighted by atomic mass is 10.0. The van der Waals surface area contributed by atoms with E-state index in [1.807, 2.05) is 42.6 Å². The highest BCUT2D eigenvalue weighted by Crippen LogP contribution is 2.34. The first kappa shape index (κ1) is 26.6. The van der Waals surface area contributed by atoms with Crippen LogP contribution in [0.1, 0.15) is 28.5 Å². The van der Waals surface area contributed by atoms with Gasteiger partial charge < -0.3 is 24.6 Å². The van der Waals surface area contributed by atoms with Crippen LogP contribution in [0, 0.1) is 12.7 Å². The first-order valence-corrected chi connectivity index (χ1v) is 13.2. The predicted molar refractivity (Wildman–Crippen MR) is 143 cm³/mol. The van der Waals surface area contributed by atoms with Crippen LogP contribution in [0.15, 0.2) is 60.0 Å². The van der Waals surface area contributed by atoms with Crippen LogP contribution in [-0.2, 0) is 16.0 Å². The fraction of sp³-hybridized carbons (Fsp3) is 0.357. The largest absolute Gasteiger partial charge is 0.491 e. The van der Waals surface area contributed by atoms with E-state index in [4.69, 9.17) is 9.47 Å². The van der Waals surface area contributed by atoms with E-state index in [2.05, 4.69) is 5.32 Å². The minimum Gasteiger partial charge on any atom is -0.491 e. The van der Waals surface area contributed by atoms with Gasteiger partial charge in [-0.15, -0.1) is 11.3 Å². The van der Waals surface area contributed by atoms with E-state index in [0.717, 1.165) is 17.5 Å². The molecule has 1 N–H and O–H groups in total. The molecule has 2 aromatic carbocycles. The molecule has 7 nitrogen and oxygen atoms in total. The van der Waals surface area contributed by atoms with Gasteiger partial charge in [-0.2, -0.15) is 0 Å². The van der Waals surface area contributed by atoms with Gasteiger partial charge in [-0.3, -0.25) is 4.79 Å². The lowest BCUT2D eigenvalue weighted by Crippen LogP contribution is -2.49. The maximum Gasteiger partial charge on any atom is 0.322 e. The Balaban J connectivity index is 1.48. The number of ether oxygens (including phenoxy) is 2. The van der Waals surface area contributed by atoms with Crippen molar-refractivity contribution in [1.82, 2.24) is 9.80 Å². The number of aryl methyl sites for hydroxylation is 1. The Kier molecular flexibility index (Phi) is 9.14. The number of methoxy groups -OCH3 is 1. The highest BCUT2D eigenvalue weighted by atomic mass is 32.1. The number of nitrogens with zero attached hydrogens (tertiary/aromatic N) is 2. The Labute approximate surface area is 220 Å². The summed E-state index contributed by atoms with van der Waals surface area (Å²) in [6.07, 6.45) is 1.35. The summed E-state index contributed by atoms with van der Waals surface area (Å²) in [5.74, 6) is -0.133. The molecule has 2 heterocycles. The molecule has 0 aliphatic carbocycles. The molecule has 1 unspecified atom stereocenters. The van der Waals surface area contributed by atoms with E-state index in [1.54, 1.807) is 35.5 Å². The molecule has 196 valence electrons. The van der Waals surface area contributed by atoms with Gasteiger partial charge in [0.25, 0.3) is 0 Å². The molecule has 4 rings (SSSR count). The van der Waals surface area contributed by atoms with Gasteiger partial charge in [-0.05, 0) is 61.0 Å². The van der Waals surface area contributed by atoms with Gasteiger partial charge in [0.2, 0.25) is 5.91 Å². The normalized spacial score (nSPS) is 14.7. The molecule has 37 heavy (non-hydrogen) atoms. The summed E-state index contributed by atoms with van der Waals surface area (Å²) in [5.41, 5.74) is 2.80. The van der Waals surface area contributed by atoms with Crippen LogP contribution in [-0.4, -0.2) is 61.7 Å². The van der Waals surface area contributed by atoms with Gasteiger partial charge in [0.1, 0.15) is 24.7 Å². The maximum absolute atomic E-state index is 13.7. The number of thiophene rings is 1. The number of nitrogens with one attached hydrogen (secondary N) is 1. The first-order valence-electron chi connectivity index (χ1n) is 12.3. The van der Waals surface area contributed by atoms with E-state index in [1.165, 1.54) is 21.9 Å². The Hall–Kier alpha value is -3.43. The number of halogens is 1. The molecule has 1 aromatic heterocycles. The third kappa shape index (κ3) is 7.08. The van der Waals surface area contributed by atoms with E-state index >= 15 is 0 Å². The molecule has 3 amide bonds. The molecule has 1 aliphatic rings. The number of benzene rings is 2. The molecular weight excluding hydrogens is 493 g/mol. The minimum atomic E-state index is -0.378. The lowest BCUT2D eigenvalue weighted by Gasteiger charge is -2.37. The fourth-order valence-corrected chi connectivity index (χ4v) is 5.28. The van der Waals surface area contributed by atoms with E-state index in [-0.39, 0.29) is 36.9 Å². The van der Waals surface area contributed by atoms with Crippen molar-refractivity contribution in [2.75, 3.05) is 45.3 Å². The van der Waals surface area contributed by atoms with Gasteiger partial charge >= 0.3 is 6.03 Å². The SMILES string of the molecule is COCCCN(CC(=O)N1CCc2sccc2C1COc1cccc(F)c1)C(=O)Nc1ccc(C)cc1. The summed E-state index contributed by atoms with van der Waals surface area (Å²) in [7, 11) is 1.61. The zero-order valence-electron chi connectivity index (χ0n) is 21.1. The molecule has 0 saturated heterocycles. The fourth-order valence-electron chi connectivity index (χ4n) is 4.35. The number of fused-ring (bicyclic) bond motifs is 1. The minimum absolute atomic E-state index is 0.0721. The summed E-state index contributed by atoms with van der Waals surface area (Å²) >= 11 is 1.66. The Morgan fingerprint density at radius 1 is 1.19 bits per heavy atom. The number of urea groups is 1. The molecule has 3 aromatic rings. The third-order valence-corrected chi connectivity index (χ3v) is 7.31. The van der Waals surface area contributed by atoms with Crippen LogP contribution in [0.5, 0.6) is 5.75 Å². The summed E-state index contributed by atoms with van der Waals surface area (Å²) < 4.78 is 24.7. The molecule has 9 heteroatoms. The van der Waals surface area contributed by atoms with Crippen molar-refractivity contribution >= 4 is 29.0 Å². The molecule has 0 saturated carbocycles. The first-order chi connectivity index (χ1) is 17.9. The standard InChI is InChI=1S/C28H32FN3O4S/c1-20-7-9-22(10-8-20)30-28(34)31(13-4-15-35-2)18-27(33)32-14-11-26-24(12-16-37-26)25(32)19-36-23-6-3-5-21(29)17-23/h3,5-10,12,16-17,25H,4,11,13-15,18-19H2,1-2H3,(H,30,34). The molecular formula is C28H32FN3O4S. The summed E-state index contributed by atoms with van der Waals surface area (Å²) in [5, 5.41) is 4.91. The number of hydrogen-bond acceptors (Lipinski definition) is 5. The van der Waals surface area contributed by atoms with Crippen molar-refractivity contribution in [2.45, 2.75) is 25.8 Å². The smallest absolute Gasteiger partial charge is 0.322 e. The Bertz CT molecular complexity index is 1200. The van der Waals surface area contributed by atoms with Gasteiger partial charge in [0.05, 0.1) is 6.04 Å². The van der Waals surface area contributed by atoms with Crippen molar-refractivity contribution in [1.29, 1.82) is 0 Å².